The van der Waals surface area contributed by atoms with Gasteiger partial charge in [-0.2, -0.15) is 0 Å². The van der Waals surface area contributed by atoms with E-state index < -0.39 is 0 Å². The average molecular weight is 548 g/mol. The van der Waals surface area contributed by atoms with Crippen molar-refractivity contribution in [1.29, 1.82) is 0 Å². The Balaban J connectivity index is 0.00000240. The molecule has 0 amide bonds. The van der Waals surface area contributed by atoms with Crippen molar-refractivity contribution in [3.63, 3.8) is 0 Å². The molecule has 0 saturated carbocycles. The lowest BCUT2D eigenvalue weighted by molar-refractivity contribution is 0.173. The Morgan fingerprint density at radius 2 is 2.14 bits per heavy atom. The minimum absolute atomic E-state index is 0. The van der Waals surface area contributed by atoms with E-state index in [2.05, 4.69) is 41.4 Å². The molecule has 8 nitrogen and oxygen atoms in total. The van der Waals surface area contributed by atoms with Crippen LogP contribution in [0, 0.1) is 0 Å². The van der Waals surface area contributed by atoms with Crippen LogP contribution < -0.4 is 5.32 Å². The molecule has 0 spiro atoms. The summed E-state index contributed by atoms with van der Waals surface area (Å²) in [7, 11) is 1.80. The molecule has 0 radical (unpaired) electrons. The molecule has 3 aromatic rings. The lowest BCUT2D eigenvalue weighted by atomic mass is 10.3. The van der Waals surface area contributed by atoms with E-state index in [1.54, 1.807) is 24.6 Å². The number of halogens is 2. The molecule has 1 aliphatic heterocycles. The molecule has 0 aromatic carbocycles. The van der Waals surface area contributed by atoms with Crippen molar-refractivity contribution < 1.29 is 4.42 Å². The average Bonchev–Trinajstić information content (AvgIpc) is 3.45. The smallest absolute Gasteiger partial charge is 0.216 e. The van der Waals surface area contributed by atoms with Crippen molar-refractivity contribution in [3.8, 4) is 11.6 Å². The molecule has 3 aromatic heterocycles. The standard InChI is InChI=1S/C18H22ClN7OS.HI/c1-20-18(21-11-16-22-17(24-23-16)14-3-2-10-27-14)26-8-6-25(7-9-26)12-13-4-5-15(19)28-13;/h2-5,10H,6-9,11-12H2,1H3,(H,20,21)(H,22,23,24);1H. The van der Waals surface area contributed by atoms with Crippen LogP contribution in [-0.4, -0.2) is 64.2 Å². The number of hydrogen-bond donors (Lipinski definition) is 2. The molecule has 1 saturated heterocycles. The number of aromatic amines is 1. The largest absolute Gasteiger partial charge is 0.461 e. The van der Waals surface area contributed by atoms with Crippen molar-refractivity contribution in [3.05, 3.63) is 45.6 Å². The zero-order valence-corrected chi connectivity index (χ0v) is 19.9. The molecule has 0 atom stereocenters. The third-order valence-corrected chi connectivity index (χ3v) is 5.80. The van der Waals surface area contributed by atoms with E-state index in [4.69, 9.17) is 16.0 Å². The van der Waals surface area contributed by atoms with Gasteiger partial charge in [0, 0.05) is 44.6 Å². The van der Waals surface area contributed by atoms with Gasteiger partial charge in [0.2, 0.25) is 5.82 Å². The number of rotatable bonds is 5. The summed E-state index contributed by atoms with van der Waals surface area (Å²) in [6, 6.07) is 7.72. The van der Waals surface area contributed by atoms with Gasteiger partial charge in [-0.05, 0) is 24.3 Å². The Kier molecular flexibility index (Phi) is 7.92. The van der Waals surface area contributed by atoms with Gasteiger partial charge in [0.25, 0.3) is 0 Å². The van der Waals surface area contributed by atoms with Crippen LogP contribution in [0.25, 0.3) is 11.6 Å². The fraction of sp³-hybridized carbons (Fsp3) is 0.389. The van der Waals surface area contributed by atoms with Crippen LogP contribution in [0.1, 0.15) is 10.7 Å². The van der Waals surface area contributed by atoms with Gasteiger partial charge >= 0.3 is 0 Å². The number of aromatic nitrogens is 3. The number of guanidine groups is 1. The van der Waals surface area contributed by atoms with Crippen LogP contribution in [0.5, 0.6) is 0 Å². The number of nitrogens with one attached hydrogen (secondary N) is 2. The van der Waals surface area contributed by atoms with E-state index in [1.165, 1.54) is 4.88 Å². The number of piperazine rings is 1. The highest BCUT2D eigenvalue weighted by Crippen LogP contribution is 2.23. The molecule has 29 heavy (non-hydrogen) atoms. The molecule has 4 heterocycles. The van der Waals surface area contributed by atoms with Gasteiger partial charge < -0.3 is 14.6 Å². The van der Waals surface area contributed by atoms with E-state index in [1.807, 2.05) is 18.2 Å². The molecular formula is C18H23ClIN7OS. The second-order valence-corrected chi connectivity index (χ2v) is 8.25. The molecule has 0 unspecified atom stereocenters. The van der Waals surface area contributed by atoms with Gasteiger partial charge in [-0.3, -0.25) is 15.0 Å². The normalized spacial score (nSPS) is 15.4. The Morgan fingerprint density at radius 1 is 1.31 bits per heavy atom. The van der Waals surface area contributed by atoms with Crippen molar-refractivity contribution in [2.45, 2.75) is 13.1 Å². The monoisotopic (exact) mass is 547 g/mol. The maximum Gasteiger partial charge on any atom is 0.216 e. The van der Waals surface area contributed by atoms with Crippen LogP contribution in [0.3, 0.4) is 0 Å². The van der Waals surface area contributed by atoms with E-state index >= 15 is 0 Å². The zero-order chi connectivity index (χ0) is 19.3. The summed E-state index contributed by atoms with van der Waals surface area (Å²) >= 11 is 7.68. The van der Waals surface area contributed by atoms with Gasteiger partial charge in [0.15, 0.2) is 11.7 Å². The van der Waals surface area contributed by atoms with Gasteiger partial charge in [0.1, 0.15) is 5.82 Å². The summed E-state index contributed by atoms with van der Waals surface area (Å²) in [6.07, 6.45) is 1.61. The second kappa shape index (κ2) is 10.4. The van der Waals surface area contributed by atoms with Crippen molar-refractivity contribution in [2.75, 3.05) is 33.2 Å². The molecule has 156 valence electrons. The molecule has 0 aliphatic carbocycles. The Hall–Kier alpha value is -1.63. The SMILES string of the molecule is CN=C(NCc1nc(-c2ccco2)n[nH]1)N1CCN(Cc2ccc(Cl)s2)CC1.I. The zero-order valence-electron chi connectivity index (χ0n) is 16.0. The first-order chi connectivity index (χ1) is 13.7. The predicted molar refractivity (Wildman–Crippen MR) is 126 cm³/mol. The fourth-order valence-electron chi connectivity index (χ4n) is 3.16. The molecular weight excluding hydrogens is 525 g/mol. The third kappa shape index (κ3) is 5.71. The summed E-state index contributed by atoms with van der Waals surface area (Å²) in [5.41, 5.74) is 0. The number of thiophene rings is 1. The summed E-state index contributed by atoms with van der Waals surface area (Å²) in [5.74, 6) is 2.81. The molecule has 1 aliphatic rings. The van der Waals surface area contributed by atoms with Crippen LogP contribution in [-0.2, 0) is 13.1 Å². The number of H-pyrrole nitrogens is 1. The first-order valence-electron chi connectivity index (χ1n) is 9.08. The fourth-order valence-corrected chi connectivity index (χ4v) is 4.29. The van der Waals surface area contributed by atoms with Gasteiger partial charge in [-0.25, -0.2) is 4.98 Å². The first-order valence-corrected chi connectivity index (χ1v) is 10.3. The maximum absolute atomic E-state index is 6.03. The van der Waals surface area contributed by atoms with Gasteiger partial charge in [-0.15, -0.1) is 40.4 Å². The summed E-state index contributed by atoms with van der Waals surface area (Å²) < 4.78 is 6.17. The molecule has 1 fully saturated rings. The quantitative estimate of drug-likeness (QED) is 0.290. The van der Waals surface area contributed by atoms with E-state index in [0.29, 0.717) is 18.1 Å². The van der Waals surface area contributed by atoms with Crippen LogP contribution in [0.4, 0.5) is 0 Å². The summed E-state index contributed by atoms with van der Waals surface area (Å²) in [5, 5.41) is 10.5. The first kappa shape index (κ1) is 22.1. The maximum atomic E-state index is 6.03. The molecule has 2 N–H and O–H groups in total. The van der Waals surface area contributed by atoms with Crippen LogP contribution >= 0.6 is 46.9 Å². The summed E-state index contributed by atoms with van der Waals surface area (Å²) in [4.78, 5) is 14.9. The number of hydrogen-bond acceptors (Lipinski definition) is 6. The second-order valence-electron chi connectivity index (χ2n) is 6.45. The number of nitrogens with zero attached hydrogens (tertiary/aromatic N) is 5. The molecule has 4 rings (SSSR count). The number of aliphatic imine (C=N–C) groups is 1. The number of furan rings is 1. The van der Waals surface area contributed by atoms with Crippen LogP contribution in [0.2, 0.25) is 4.34 Å². The Labute approximate surface area is 195 Å². The van der Waals surface area contributed by atoms with E-state index in [9.17, 15) is 0 Å². The van der Waals surface area contributed by atoms with E-state index in [0.717, 1.165) is 48.8 Å². The van der Waals surface area contributed by atoms with Crippen molar-refractivity contribution >= 4 is 52.9 Å². The topological polar surface area (TPSA) is 85.6 Å². The van der Waals surface area contributed by atoms with Gasteiger partial charge in [0.05, 0.1) is 17.1 Å². The molecule has 0 bridgehead atoms. The Morgan fingerprint density at radius 3 is 2.79 bits per heavy atom. The third-order valence-electron chi connectivity index (χ3n) is 4.58. The van der Waals surface area contributed by atoms with E-state index in [-0.39, 0.29) is 24.0 Å². The predicted octanol–water partition coefficient (Wildman–Crippen LogP) is 3.29. The Bertz CT molecular complexity index is 918. The lowest BCUT2D eigenvalue weighted by Gasteiger charge is -2.36. The highest BCUT2D eigenvalue weighted by Gasteiger charge is 2.20. The minimum Gasteiger partial charge on any atom is -0.461 e. The van der Waals surface area contributed by atoms with Gasteiger partial charge in [-0.1, -0.05) is 11.6 Å². The highest BCUT2D eigenvalue weighted by atomic mass is 127. The minimum atomic E-state index is 0. The summed E-state index contributed by atoms with van der Waals surface area (Å²) in [6.45, 7) is 5.29. The highest BCUT2D eigenvalue weighted by molar-refractivity contribution is 14.0. The van der Waals surface area contributed by atoms with Crippen LogP contribution in [0.15, 0.2) is 39.9 Å². The lowest BCUT2D eigenvalue weighted by Crippen LogP contribution is -2.52. The van der Waals surface area contributed by atoms with Crippen molar-refractivity contribution in [1.82, 2.24) is 30.3 Å². The van der Waals surface area contributed by atoms with Crippen molar-refractivity contribution in [2.24, 2.45) is 4.99 Å². The molecule has 11 heteroatoms.